The molecular weight excluding hydrogens is 374 g/mol. The Balaban J connectivity index is 1.78. The minimum atomic E-state index is -0.756. The number of nitrogens with zero attached hydrogens (tertiary/aromatic N) is 2. The normalized spacial score (nSPS) is 17.5. The number of nitrogens with two attached hydrogens (primary N) is 1. The first-order chi connectivity index (χ1) is 13.6. The minimum Gasteiger partial charge on any atom is -0.472 e. The van der Waals surface area contributed by atoms with Crippen LogP contribution >= 0.6 is 11.6 Å². The van der Waals surface area contributed by atoms with E-state index in [1.807, 2.05) is 60.5 Å². The molecule has 0 bridgehead atoms. The maximum atomic E-state index is 12.8. The number of likely N-dealkylation sites (N-methyl/N-ethyl adjacent to an activating group) is 1. The fourth-order valence-electron chi connectivity index (χ4n) is 3.54. The van der Waals surface area contributed by atoms with Crippen molar-refractivity contribution in [2.75, 3.05) is 18.5 Å². The lowest BCUT2D eigenvalue weighted by Gasteiger charge is -2.32. The molecule has 2 atom stereocenters. The van der Waals surface area contributed by atoms with Crippen molar-refractivity contribution in [1.29, 1.82) is 0 Å². The number of benzodiazepines with no additional fused rings is 1. The molecule has 3 aromatic rings. The number of ketones is 1. The standard InChI is InChI=1S/C22H20ClN3O2/c1-26-18-11-16(23)7-8-17(18)21(14-5-3-2-4-6-14)25-12-19(26)20(24)22(27)15-9-10-28-13-15/h2-11,13,19-20H,12,24H2,1H3. The van der Waals surface area contributed by atoms with Crippen molar-refractivity contribution >= 4 is 28.8 Å². The van der Waals surface area contributed by atoms with Gasteiger partial charge in [0.15, 0.2) is 5.78 Å². The molecular formula is C22H20ClN3O2. The van der Waals surface area contributed by atoms with E-state index in [9.17, 15) is 4.79 Å². The lowest BCUT2D eigenvalue weighted by atomic mass is 9.98. The van der Waals surface area contributed by atoms with Gasteiger partial charge in [-0.2, -0.15) is 0 Å². The van der Waals surface area contributed by atoms with Gasteiger partial charge in [-0.3, -0.25) is 9.79 Å². The topological polar surface area (TPSA) is 71.8 Å². The molecule has 28 heavy (non-hydrogen) atoms. The number of carbonyl (C=O) groups is 1. The third kappa shape index (κ3) is 3.35. The van der Waals surface area contributed by atoms with Crippen molar-refractivity contribution in [1.82, 2.24) is 0 Å². The second-order valence-corrected chi connectivity index (χ2v) is 7.23. The predicted octanol–water partition coefficient (Wildman–Crippen LogP) is 3.80. The molecule has 2 heterocycles. The minimum absolute atomic E-state index is 0.174. The number of benzene rings is 2. The first-order valence-corrected chi connectivity index (χ1v) is 9.38. The van der Waals surface area contributed by atoms with Gasteiger partial charge in [-0.15, -0.1) is 0 Å². The zero-order valence-corrected chi connectivity index (χ0v) is 16.1. The predicted molar refractivity (Wildman–Crippen MR) is 112 cm³/mol. The molecule has 1 aliphatic rings. The number of halogens is 1. The molecule has 0 amide bonds. The van der Waals surface area contributed by atoms with Crippen molar-refractivity contribution in [2.24, 2.45) is 10.7 Å². The summed E-state index contributed by atoms with van der Waals surface area (Å²) in [4.78, 5) is 19.7. The lowest BCUT2D eigenvalue weighted by Crippen LogP contribution is -2.52. The lowest BCUT2D eigenvalue weighted by molar-refractivity contribution is 0.0949. The first-order valence-electron chi connectivity index (χ1n) is 9.01. The van der Waals surface area contributed by atoms with E-state index in [2.05, 4.69) is 0 Å². The van der Waals surface area contributed by atoms with Gasteiger partial charge in [0.2, 0.25) is 0 Å². The van der Waals surface area contributed by atoms with E-state index in [0.717, 1.165) is 22.5 Å². The molecule has 4 rings (SSSR count). The zero-order valence-electron chi connectivity index (χ0n) is 15.4. The molecule has 0 aliphatic carbocycles. The number of hydrogen-bond acceptors (Lipinski definition) is 5. The second-order valence-electron chi connectivity index (χ2n) is 6.80. The van der Waals surface area contributed by atoms with Gasteiger partial charge in [0.25, 0.3) is 0 Å². The van der Waals surface area contributed by atoms with Gasteiger partial charge in [0.05, 0.1) is 36.2 Å². The first kappa shape index (κ1) is 18.5. The van der Waals surface area contributed by atoms with Gasteiger partial charge in [0, 0.05) is 28.9 Å². The van der Waals surface area contributed by atoms with Crippen LogP contribution in [-0.4, -0.2) is 37.2 Å². The zero-order chi connectivity index (χ0) is 19.7. The third-order valence-corrected chi connectivity index (χ3v) is 5.33. The number of anilines is 1. The largest absolute Gasteiger partial charge is 0.472 e. The second kappa shape index (κ2) is 7.62. The van der Waals surface area contributed by atoms with E-state index in [-0.39, 0.29) is 11.8 Å². The van der Waals surface area contributed by atoms with Crippen molar-refractivity contribution in [3.05, 3.63) is 88.8 Å². The molecule has 2 aromatic carbocycles. The van der Waals surface area contributed by atoms with Crippen LogP contribution in [0.1, 0.15) is 21.5 Å². The van der Waals surface area contributed by atoms with Crippen LogP contribution in [0.2, 0.25) is 5.02 Å². The van der Waals surface area contributed by atoms with Gasteiger partial charge in [-0.1, -0.05) is 41.9 Å². The monoisotopic (exact) mass is 393 g/mol. The van der Waals surface area contributed by atoms with E-state index in [0.29, 0.717) is 17.1 Å². The van der Waals surface area contributed by atoms with Gasteiger partial charge in [-0.05, 0) is 24.3 Å². The molecule has 0 fully saturated rings. The summed E-state index contributed by atoms with van der Waals surface area (Å²) in [5, 5.41) is 0.619. The van der Waals surface area contributed by atoms with Crippen LogP contribution < -0.4 is 10.6 Å². The Morgan fingerprint density at radius 1 is 1.25 bits per heavy atom. The fraction of sp³-hybridized carbons (Fsp3) is 0.182. The maximum absolute atomic E-state index is 12.8. The average Bonchev–Trinajstić information content (AvgIpc) is 3.21. The third-order valence-electron chi connectivity index (χ3n) is 5.10. The van der Waals surface area contributed by atoms with Crippen molar-refractivity contribution in [2.45, 2.75) is 12.1 Å². The molecule has 6 heteroatoms. The van der Waals surface area contributed by atoms with Gasteiger partial charge in [0.1, 0.15) is 6.26 Å². The molecule has 5 nitrogen and oxygen atoms in total. The Kier molecular flexibility index (Phi) is 5.03. The summed E-state index contributed by atoms with van der Waals surface area (Å²) in [6, 6.07) is 16.2. The van der Waals surface area contributed by atoms with E-state index >= 15 is 0 Å². The van der Waals surface area contributed by atoms with Gasteiger partial charge < -0.3 is 15.1 Å². The van der Waals surface area contributed by atoms with Crippen LogP contribution in [0.5, 0.6) is 0 Å². The Morgan fingerprint density at radius 3 is 2.75 bits per heavy atom. The van der Waals surface area contributed by atoms with E-state index in [1.165, 1.54) is 12.5 Å². The molecule has 142 valence electrons. The van der Waals surface area contributed by atoms with Crippen LogP contribution in [0.25, 0.3) is 0 Å². The number of fused-ring (bicyclic) bond motifs is 1. The number of aliphatic imine (C=N–C) groups is 1. The highest BCUT2D eigenvalue weighted by molar-refractivity contribution is 6.31. The summed E-state index contributed by atoms with van der Waals surface area (Å²) in [5.74, 6) is -0.174. The quantitative estimate of drug-likeness (QED) is 0.684. The number of furan rings is 1. The highest BCUT2D eigenvalue weighted by atomic mass is 35.5. The van der Waals surface area contributed by atoms with Crippen molar-refractivity contribution in [3.8, 4) is 0 Å². The van der Waals surface area contributed by atoms with Crippen LogP contribution in [-0.2, 0) is 0 Å². The Bertz CT molecular complexity index is 1020. The summed E-state index contributed by atoms with van der Waals surface area (Å²) in [6.07, 6.45) is 2.89. The van der Waals surface area contributed by atoms with E-state index in [4.69, 9.17) is 26.7 Å². The highest BCUT2D eigenvalue weighted by Crippen LogP contribution is 2.31. The molecule has 2 unspecified atom stereocenters. The molecule has 1 aromatic heterocycles. The summed E-state index contributed by atoms with van der Waals surface area (Å²) in [5.41, 5.74) is 10.6. The van der Waals surface area contributed by atoms with E-state index < -0.39 is 6.04 Å². The summed E-state index contributed by atoms with van der Waals surface area (Å²) < 4.78 is 5.04. The molecule has 0 saturated carbocycles. The summed E-state index contributed by atoms with van der Waals surface area (Å²) >= 11 is 6.28. The average molecular weight is 394 g/mol. The maximum Gasteiger partial charge on any atom is 0.184 e. The number of carbonyl (C=O) groups excluding carboxylic acids is 1. The van der Waals surface area contributed by atoms with Crippen LogP contribution in [0.15, 0.2) is 76.5 Å². The van der Waals surface area contributed by atoms with Crippen molar-refractivity contribution < 1.29 is 9.21 Å². The summed E-state index contributed by atoms with van der Waals surface area (Å²) in [7, 11) is 1.92. The fourth-order valence-corrected chi connectivity index (χ4v) is 3.70. The molecule has 0 saturated heterocycles. The number of hydrogen-bond donors (Lipinski definition) is 1. The Morgan fingerprint density at radius 2 is 2.04 bits per heavy atom. The smallest absolute Gasteiger partial charge is 0.184 e. The summed E-state index contributed by atoms with van der Waals surface area (Å²) in [6.45, 7) is 0.387. The molecule has 2 N–H and O–H groups in total. The van der Waals surface area contributed by atoms with Crippen molar-refractivity contribution in [3.63, 3.8) is 0 Å². The van der Waals surface area contributed by atoms with Crippen LogP contribution in [0, 0.1) is 0 Å². The Labute approximate surface area is 168 Å². The SMILES string of the molecule is CN1c2cc(Cl)ccc2C(c2ccccc2)=NCC1C(N)C(=O)c1ccoc1. The molecule has 0 radical (unpaired) electrons. The van der Waals surface area contributed by atoms with Gasteiger partial charge >= 0.3 is 0 Å². The number of rotatable bonds is 4. The Hall–Kier alpha value is -2.89. The van der Waals surface area contributed by atoms with E-state index in [1.54, 1.807) is 6.07 Å². The molecule has 1 aliphatic heterocycles. The number of Topliss-reactive ketones (excluding diaryl/α,β-unsaturated/α-hetero) is 1. The van der Waals surface area contributed by atoms with Gasteiger partial charge in [-0.25, -0.2) is 0 Å². The highest BCUT2D eigenvalue weighted by Gasteiger charge is 2.33. The van der Waals surface area contributed by atoms with Crippen LogP contribution in [0.4, 0.5) is 5.69 Å². The van der Waals surface area contributed by atoms with Crippen LogP contribution in [0.3, 0.4) is 0 Å². The molecule has 0 spiro atoms.